The van der Waals surface area contributed by atoms with E-state index in [2.05, 4.69) is 0 Å². The quantitative estimate of drug-likeness (QED) is 0.526. The van der Waals surface area contributed by atoms with Crippen molar-refractivity contribution < 1.29 is 19.4 Å². The number of rotatable bonds is 4. The number of hydrogen-bond donors (Lipinski definition) is 1. The van der Waals surface area contributed by atoms with Crippen molar-refractivity contribution in [3.05, 3.63) is 0 Å². The molecule has 0 heterocycles. The minimum Gasteiger partial charge on any atom is -0.480 e. The Hall–Kier alpha value is -1.06. The molecular weight excluding hydrogens is 172 g/mol. The molecule has 1 N–H and O–H groups in total. The van der Waals surface area contributed by atoms with Crippen LogP contribution in [0.5, 0.6) is 0 Å². The largest absolute Gasteiger partial charge is 0.480 e. The highest BCUT2D eigenvalue weighted by Gasteiger charge is 2.58. The van der Waals surface area contributed by atoms with E-state index in [9.17, 15) is 9.59 Å². The molecule has 1 fully saturated rings. The van der Waals surface area contributed by atoms with Gasteiger partial charge in [0.1, 0.15) is 0 Å². The van der Waals surface area contributed by atoms with Crippen LogP contribution in [0.1, 0.15) is 26.7 Å². The molecule has 0 radical (unpaired) electrons. The normalized spacial score (nSPS) is 18.4. The van der Waals surface area contributed by atoms with Crippen molar-refractivity contribution in [3.63, 3.8) is 0 Å². The van der Waals surface area contributed by atoms with Crippen molar-refractivity contribution in [2.24, 2.45) is 11.3 Å². The molecule has 0 unspecified atom stereocenters. The minimum absolute atomic E-state index is 0.244. The summed E-state index contributed by atoms with van der Waals surface area (Å²) in [4.78, 5) is 21.9. The average Bonchev–Trinajstić information content (AvgIpc) is 2.79. The van der Waals surface area contributed by atoms with Gasteiger partial charge in [0, 0.05) is 0 Å². The Morgan fingerprint density at radius 3 is 2.31 bits per heavy atom. The van der Waals surface area contributed by atoms with Gasteiger partial charge in [0.15, 0.2) is 5.41 Å². The van der Waals surface area contributed by atoms with Crippen LogP contribution in [0.25, 0.3) is 0 Å². The van der Waals surface area contributed by atoms with Gasteiger partial charge in [-0.3, -0.25) is 9.59 Å². The lowest BCUT2D eigenvalue weighted by molar-refractivity contribution is -0.161. The maximum Gasteiger partial charge on any atom is 0.323 e. The van der Waals surface area contributed by atoms with E-state index in [4.69, 9.17) is 9.84 Å². The van der Waals surface area contributed by atoms with E-state index in [1.54, 1.807) is 0 Å². The summed E-state index contributed by atoms with van der Waals surface area (Å²) in [6.45, 7) is 4.12. The fourth-order valence-corrected chi connectivity index (χ4v) is 1.01. The van der Waals surface area contributed by atoms with E-state index in [1.165, 1.54) is 0 Å². The second-order valence-corrected chi connectivity index (χ2v) is 3.88. The second-order valence-electron chi connectivity index (χ2n) is 3.88. The van der Waals surface area contributed by atoms with Crippen LogP contribution in [-0.4, -0.2) is 23.7 Å². The zero-order valence-electron chi connectivity index (χ0n) is 7.87. The van der Waals surface area contributed by atoms with Crippen molar-refractivity contribution in [3.8, 4) is 0 Å². The van der Waals surface area contributed by atoms with Crippen LogP contribution in [0, 0.1) is 11.3 Å². The van der Waals surface area contributed by atoms with Crippen LogP contribution < -0.4 is 0 Å². The molecular formula is C9H14O4. The van der Waals surface area contributed by atoms with Crippen LogP contribution in [0.4, 0.5) is 0 Å². The zero-order valence-corrected chi connectivity index (χ0v) is 7.87. The maximum atomic E-state index is 11.3. The lowest BCUT2D eigenvalue weighted by Gasteiger charge is -2.11. The molecule has 0 aromatic rings. The molecule has 0 aromatic carbocycles. The number of carbonyl (C=O) groups excluding carboxylic acids is 1. The highest BCUT2D eigenvalue weighted by atomic mass is 16.5. The molecule has 1 aliphatic carbocycles. The molecule has 0 aliphatic heterocycles. The van der Waals surface area contributed by atoms with Gasteiger partial charge in [-0.1, -0.05) is 13.8 Å². The highest BCUT2D eigenvalue weighted by molar-refractivity contribution is 6.02. The fourth-order valence-electron chi connectivity index (χ4n) is 1.01. The first-order chi connectivity index (χ1) is 5.99. The summed E-state index contributed by atoms with van der Waals surface area (Å²) < 4.78 is 4.87. The molecule has 74 valence electrons. The Morgan fingerprint density at radius 2 is 2.00 bits per heavy atom. The zero-order chi connectivity index (χ0) is 10.1. The summed E-state index contributed by atoms with van der Waals surface area (Å²) in [6, 6.07) is 0. The predicted octanol–water partition coefficient (Wildman–Crippen LogP) is 1.05. The van der Waals surface area contributed by atoms with Gasteiger partial charge in [0.2, 0.25) is 0 Å². The van der Waals surface area contributed by atoms with Gasteiger partial charge in [-0.15, -0.1) is 0 Å². The van der Waals surface area contributed by atoms with E-state index < -0.39 is 17.4 Å². The molecule has 0 atom stereocenters. The van der Waals surface area contributed by atoms with Gasteiger partial charge < -0.3 is 9.84 Å². The van der Waals surface area contributed by atoms with Gasteiger partial charge in [-0.2, -0.15) is 0 Å². The Balaban J connectivity index is 2.44. The third-order valence-corrected chi connectivity index (χ3v) is 2.10. The number of aliphatic carboxylic acids is 1. The predicted molar refractivity (Wildman–Crippen MR) is 45.1 cm³/mol. The lowest BCUT2D eigenvalue weighted by Crippen LogP contribution is -2.28. The van der Waals surface area contributed by atoms with E-state index in [0.29, 0.717) is 19.4 Å². The third-order valence-electron chi connectivity index (χ3n) is 2.10. The standard InChI is InChI=1S/C9H14O4/c1-6(2)5-13-8(12)9(3-4-9)7(10)11/h6H,3-5H2,1-2H3,(H,10,11). The smallest absolute Gasteiger partial charge is 0.323 e. The van der Waals surface area contributed by atoms with Crippen molar-refractivity contribution >= 4 is 11.9 Å². The van der Waals surface area contributed by atoms with Gasteiger partial charge in [-0.05, 0) is 18.8 Å². The average molecular weight is 186 g/mol. The lowest BCUT2D eigenvalue weighted by atomic mass is 10.1. The number of carboxylic acids is 1. The van der Waals surface area contributed by atoms with Crippen LogP contribution in [-0.2, 0) is 14.3 Å². The summed E-state index contributed by atoms with van der Waals surface area (Å²) in [5.74, 6) is -1.39. The van der Waals surface area contributed by atoms with Crippen molar-refractivity contribution in [1.29, 1.82) is 0 Å². The molecule has 1 aliphatic rings. The molecule has 0 spiro atoms. The van der Waals surface area contributed by atoms with E-state index in [-0.39, 0.29) is 5.92 Å². The number of carbonyl (C=O) groups is 2. The Kier molecular flexibility index (Phi) is 2.59. The molecule has 0 aromatic heterocycles. The SMILES string of the molecule is CC(C)COC(=O)C1(C(=O)O)CC1. The van der Waals surface area contributed by atoms with Gasteiger partial charge in [0.05, 0.1) is 6.61 Å². The molecule has 1 saturated carbocycles. The first-order valence-electron chi connectivity index (χ1n) is 4.39. The molecule has 0 saturated heterocycles. The molecule has 0 bridgehead atoms. The summed E-state index contributed by atoms with van der Waals surface area (Å²) in [6.07, 6.45) is 0.832. The van der Waals surface area contributed by atoms with Crippen LogP contribution in [0.15, 0.2) is 0 Å². The number of hydrogen-bond acceptors (Lipinski definition) is 3. The van der Waals surface area contributed by atoms with Crippen molar-refractivity contribution in [1.82, 2.24) is 0 Å². The highest BCUT2D eigenvalue weighted by Crippen LogP contribution is 2.47. The summed E-state index contributed by atoms with van der Waals surface area (Å²) >= 11 is 0. The topological polar surface area (TPSA) is 63.6 Å². The Labute approximate surface area is 76.9 Å². The molecule has 4 nitrogen and oxygen atoms in total. The monoisotopic (exact) mass is 186 g/mol. The number of carboxylic acid groups (broad SMARTS) is 1. The Morgan fingerprint density at radius 1 is 1.46 bits per heavy atom. The first kappa shape index (κ1) is 10.0. The molecule has 13 heavy (non-hydrogen) atoms. The van der Waals surface area contributed by atoms with Gasteiger partial charge in [-0.25, -0.2) is 0 Å². The maximum absolute atomic E-state index is 11.3. The Bertz CT molecular complexity index is 228. The summed E-state index contributed by atoms with van der Waals surface area (Å²) in [5.41, 5.74) is -1.20. The minimum atomic E-state index is -1.20. The van der Waals surface area contributed by atoms with Gasteiger partial charge >= 0.3 is 11.9 Å². The van der Waals surface area contributed by atoms with E-state index in [0.717, 1.165) is 0 Å². The van der Waals surface area contributed by atoms with Crippen LogP contribution in [0.3, 0.4) is 0 Å². The fraction of sp³-hybridized carbons (Fsp3) is 0.778. The molecule has 0 amide bonds. The second kappa shape index (κ2) is 3.36. The van der Waals surface area contributed by atoms with E-state index in [1.807, 2.05) is 13.8 Å². The number of esters is 1. The molecule has 4 heteroatoms. The van der Waals surface area contributed by atoms with E-state index >= 15 is 0 Å². The number of ether oxygens (including phenoxy) is 1. The van der Waals surface area contributed by atoms with Crippen LogP contribution >= 0.6 is 0 Å². The van der Waals surface area contributed by atoms with Crippen LogP contribution in [0.2, 0.25) is 0 Å². The van der Waals surface area contributed by atoms with Crippen molar-refractivity contribution in [2.75, 3.05) is 6.61 Å². The first-order valence-corrected chi connectivity index (χ1v) is 4.39. The van der Waals surface area contributed by atoms with Gasteiger partial charge in [0.25, 0.3) is 0 Å². The third kappa shape index (κ3) is 1.99. The van der Waals surface area contributed by atoms with Crippen molar-refractivity contribution in [2.45, 2.75) is 26.7 Å². The molecule has 1 rings (SSSR count). The summed E-state index contributed by atoms with van der Waals surface area (Å²) in [7, 11) is 0. The summed E-state index contributed by atoms with van der Waals surface area (Å²) in [5, 5.41) is 8.74.